The lowest BCUT2D eigenvalue weighted by atomic mass is 10.2. The molecule has 0 aromatic heterocycles. The molecule has 0 radical (unpaired) electrons. The number of hydrogen-bond donors (Lipinski definition) is 2. The van der Waals surface area contributed by atoms with Gasteiger partial charge in [0.05, 0.1) is 6.54 Å². The lowest BCUT2D eigenvalue weighted by molar-refractivity contribution is 0.141. The molecular weight excluding hydrogens is 240 g/mol. The summed E-state index contributed by atoms with van der Waals surface area (Å²) < 4.78 is 0. The number of nitrogens with zero attached hydrogens (tertiary/aromatic N) is 1. The van der Waals surface area contributed by atoms with E-state index in [-0.39, 0.29) is 6.54 Å². The molecule has 1 amide bonds. The van der Waals surface area contributed by atoms with Gasteiger partial charge in [-0.1, -0.05) is 24.9 Å². The molecule has 4 nitrogen and oxygen atoms in total. The van der Waals surface area contributed by atoms with Crippen molar-refractivity contribution in [2.75, 3.05) is 12.3 Å². The molecule has 1 aromatic rings. The lowest BCUT2D eigenvalue weighted by Crippen LogP contribution is -2.30. The van der Waals surface area contributed by atoms with Crippen LogP contribution in [0.2, 0.25) is 5.02 Å². The number of nitrogen functional groups attached to an aromatic ring is 1. The molecule has 0 unspecified atom stereocenters. The Hall–Kier alpha value is -1.42. The van der Waals surface area contributed by atoms with Gasteiger partial charge in [0.1, 0.15) is 0 Å². The highest BCUT2D eigenvalue weighted by atomic mass is 35.5. The van der Waals surface area contributed by atoms with Crippen LogP contribution in [0.1, 0.15) is 25.3 Å². The lowest BCUT2D eigenvalue weighted by Gasteiger charge is -2.19. The third-order valence-corrected chi connectivity index (χ3v) is 2.85. The van der Waals surface area contributed by atoms with Crippen LogP contribution < -0.4 is 5.73 Å². The molecule has 0 saturated heterocycles. The predicted octanol–water partition coefficient (Wildman–Crippen LogP) is 3.20. The Morgan fingerprint density at radius 3 is 2.82 bits per heavy atom. The van der Waals surface area contributed by atoms with E-state index in [0.29, 0.717) is 17.3 Å². The quantitative estimate of drug-likeness (QED) is 0.795. The first-order chi connectivity index (χ1) is 8.04. The van der Waals surface area contributed by atoms with E-state index in [0.717, 1.165) is 18.4 Å². The Morgan fingerprint density at radius 1 is 1.53 bits per heavy atom. The number of unbranched alkanes of at least 4 members (excludes halogenated alkanes) is 1. The minimum atomic E-state index is -0.933. The van der Waals surface area contributed by atoms with E-state index in [1.807, 2.05) is 6.92 Å². The molecule has 94 valence electrons. The second-order valence-electron chi connectivity index (χ2n) is 3.91. The Kier molecular flexibility index (Phi) is 5.10. The summed E-state index contributed by atoms with van der Waals surface area (Å²) in [5.74, 6) is 0. The third-order valence-electron chi connectivity index (χ3n) is 2.48. The van der Waals surface area contributed by atoms with Crippen LogP contribution in [-0.4, -0.2) is 22.6 Å². The largest absolute Gasteiger partial charge is 0.465 e. The van der Waals surface area contributed by atoms with Crippen LogP contribution in [0.15, 0.2) is 18.2 Å². The van der Waals surface area contributed by atoms with Crippen LogP contribution in [0.4, 0.5) is 10.5 Å². The monoisotopic (exact) mass is 256 g/mol. The predicted molar refractivity (Wildman–Crippen MR) is 69.2 cm³/mol. The van der Waals surface area contributed by atoms with E-state index >= 15 is 0 Å². The molecule has 0 aliphatic carbocycles. The van der Waals surface area contributed by atoms with Gasteiger partial charge < -0.3 is 15.7 Å². The molecule has 5 heteroatoms. The molecule has 1 rings (SSSR count). The first-order valence-corrected chi connectivity index (χ1v) is 5.94. The molecule has 3 N–H and O–H groups in total. The van der Waals surface area contributed by atoms with Crippen LogP contribution in [-0.2, 0) is 6.54 Å². The van der Waals surface area contributed by atoms with Crippen LogP contribution in [0, 0.1) is 0 Å². The number of halogens is 1. The van der Waals surface area contributed by atoms with Crippen LogP contribution in [0.25, 0.3) is 0 Å². The number of carbonyl (C=O) groups is 1. The first-order valence-electron chi connectivity index (χ1n) is 5.56. The number of rotatable bonds is 5. The van der Waals surface area contributed by atoms with Gasteiger partial charge in [-0.15, -0.1) is 0 Å². The fraction of sp³-hybridized carbons (Fsp3) is 0.417. The summed E-state index contributed by atoms with van der Waals surface area (Å²) in [6.45, 7) is 2.81. The molecule has 0 bridgehead atoms. The normalized spacial score (nSPS) is 10.2. The summed E-state index contributed by atoms with van der Waals surface area (Å²) in [5.41, 5.74) is 6.98. The third kappa shape index (κ3) is 4.15. The number of anilines is 1. The first kappa shape index (κ1) is 13.6. The van der Waals surface area contributed by atoms with E-state index in [2.05, 4.69) is 0 Å². The Morgan fingerprint density at radius 2 is 2.24 bits per heavy atom. The average Bonchev–Trinajstić information content (AvgIpc) is 2.28. The fourth-order valence-electron chi connectivity index (χ4n) is 1.51. The van der Waals surface area contributed by atoms with Gasteiger partial charge in [-0.05, 0) is 30.2 Å². The second-order valence-corrected chi connectivity index (χ2v) is 4.32. The molecule has 17 heavy (non-hydrogen) atoms. The molecule has 1 aromatic carbocycles. The maximum Gasteiger partial charge on any atom is 0.407 e. The summed E-state index contributed by atoms with van der Waals surface area (Å²) in [7, 11) is 0. The smallest absolute Gasteiger partial charge is 0.407 e. The van der Waals surface area contributed by atoms with Gasteiger partial charge in [-0.3, -0.25) is 0 Å². The highest BCUT2D eigenvalue weighted by Crippen LogP contribution is 2.20. The van der Waals surface area contributed by atoms with Crippen molar-refractivity contribution in [1.29, 1.82) is 0 Å². The van der Waals surface area contributed by atoms with E-state index < -0.39 is 6.09 Å². The van der Waals surface area contributed by atoms with Crippen LogP contribution in [0.5, 0.6) is 0 Å². The van der Waals surface area contributed by atoms with Crippen molar-refractivity contribution in [1.82, 2.24) is 4.90 Å². The molecule has 0 fully saturated rings. The fourth-order valence-corrected chi connectivity index (χ4v) is 1.69. The Balaban J connectivity index is 2.78. The standard InChI is InChI=1S/C12H17ClN2O2/c1-2-3-6-15(12(16)17)8-9-7-10(14)4-5-11(9)13/h4-5,7H,2-3,6,8,14H2,1H3,(H,16,17). The summed E-state index contributed by atoms with van der Waals surface area (Å²) in [4.78, 5) is 12.4. The van der Waals surface area contributed by atoms with E-state index in [1.165, 1.54) is 4.90 Å². The SMILES string of the molecule is CCCCN(Cc1cc(N)ccc1Cl)C(=O)O. The Bertz CT molecular complexity index is 396. The van der Waals surface area contributed by atoms with Crippen molar-refractivity contribution in [3.05, 3.63) is 28.8 Å². The zero-order valence-corrected chi connectivity index (χ0v) is 10.6. The van der Waals surface area contributed by atoms with Gasteiger partial charge in [0.15, 0.2) is 0 Å². The number of benzene rings is 1. The van der Waals surface area contributed by atoms with Crippen molar-refractivity contribution >= 4 is 23.4 Å². The van der Waals surface area contributed by atoms with Crippen LogP contribution in [0.3, 0.4) is 0 Å². The second kappa shape index (κ2) is 6.35. The summed E-state index contributed by atoms with van der Waals surface area (Å²) in [6.07, 6.45) is 0.859. The van der Waals surface area contributed by atoms with Gasteiger partial charge >= 0.3 is 6.09 Å². The van der Waals surface area contributed by atoms with Gasteiger partial charge in [0.25, 0.3) is 0 Å². The highest BCUT2D eigenvalue weighted by molar-refractivity contribution is 6.31. The zero-order valence-electron chi connectivity index (χ0n) is 9.82. The van der Waals surface area contributed by atoms with Crippen molar-refractivity contribution < 1.29 is 9.90 Å². The molecule has 0 saturated carbocycles. The zero-order chi connectivity index (χ0) is 12.8. The summed E-state index contributed by atoms with van der Waals surface area (Å²) in [5, 5.41) is 9.62. The Labute approximate surface area is 106 Å². The van der Waals surface area contributed by atoms with E-state index in [9.17, 15) is 4.79 Å². The molecule has 0 aliphatic heterocycles. The number of amides is 1. The molecule has 0 heterocycles. The van der Waals surface area contributed by atoms with Crippen molar-refractivity contribution in [3.8, 4) is 0 Å². The van der Waals surface area contributed by atoms with E-state index in [4.69, 9.17) is 22.4 Å². The summed E-state index contributed by atoms with van der Waals surface area (Å²) in [6, 6.07) is 5.10. The minimum Gasteiger partial charge on any atom is -0.465 e. The molecule has 0 atom stereocenters. The average molecular weight is 257 g/mol. The maximum atomic E-state index is 11.1. The molecule has 0 aliphatic rings. The van der Waals surface area contributed by atoms with Gasteiger partial charge in [-0.25, -0.2) is 4.79 Å². The van der Waals surface area contributed by atoms with Crippen molar-refractivity contribution in [3.63, 3.8) is 0 Å². The van der Waals surface area contributed by atoms with Crippen LogP contribution >= 0.6 is 11.6 Å². The summed E-state index contributed by atoms with van der Waals surface area (Å²) >= 11 is 6.00. The van der Waals surface area contributed by atoms with Crippen molar-refractivity contribution in [2.24, 2.45) is 0 Å². The number of carboxylic acid groups (broad SMARTS) is 1. The van der Waals surface area contributed by atoms with Gasteiger partial charge in [0, 0.05) is 17.3 Å². The topological polar surface area (TPSA) is 66.6 Å². The maximum absolute atomic E-state index is 11.1. The van der Waals surface area contributed by atoms with Crippen molar-refractivity contribution in [2.45, 2.75) is 26.3 Å². The van der Waals surface area contributed by atoms with Gasteiger partial charge in [0.2, 0.25) is 0 Å². The minimum absolute atomic E-state index is 0.277. The highest BCUT2D eigenvalue weighted by Gasteiger charge is 2.13. The number of hydrogen-bond acceptors (Lipinski definition) is 2. The molecule has 0 spiro atoms. The van der Waals surface area contributed by atoms with Gasteiger partial charge in [-0.2, -0.15) is 0 Å². The number of nitrogens with two attached hydrogens (primary N) is 1. The molecular formula is C12H17ClN2O2. The van der Waals surface area contributed by atoms with E-state index in [1.54, 1.807) is 18.2 Å².